The van der Waals surface area contributed by atoms with Crippen LogP contribution in [-0.2, 0) is 0 Å². The fraction of sp³-hybridized carbons (Fsp3) is 0.778. The third-order valence-corrected chi connectivity index (χ3v) is 1.78. The molecular weight excluding hydrogens is 122 g/mol. The zero-order valence-electron chi connectivity index (χ0n) is 7.52. The second-order valence-corrected chi connectivity index (χ2v) is 3.42. The summed E-state index contributed by atoms with van der Waals surface area (Å²) < 4.78 is 0.748. The highest BCUT2D eigenvalue weighted by molar-refractivity contribution is 4.71. The molecule has 0 aliphatic carbocycles. The fourth-order valence-electron chi connectivity index (χ4n) is 1.08. The lowest BCUT2D eigenvalue weighted by Gasteiger charge is -2.26. The van der Waals surface area contributed by atoms with E-state index in [-0.39, 0.29) is 0 Å². The van der Waals surface area contributed by atoms with Crippen LogP contribution in [0.2, 0.25) is 0 Å². The SMILES string of the molecule is C#C[N+](C)(CC)CC(C)C. The molecule has 0 bridgehead atoms. The summed E-state index contributed by atoms with van der Waals surface area (Å²) >= 11 is 0. The number of terminal acetylenes is 1. The molecule has 0 radical (unpaired) electrons. The lowest BCUT2D eigenvalue weighted by atomic mass is 10.2. The van der Waals surface area contributed by atoms with Crippen molar-refractivity contribution in [3.63, 3.8) is 0 Å². The van der Waals surface area contributed by atoms with Gasteiger partial charge in [-0.25, -0.2) is 4.48 Å². The lowest BCUT2D eigenvalue weighted by molar-refractivity contribution is -0.844. The Kier molecular flexibility index (Phi) is 3.46. The van der Waals surface area contributed by atoms with E-state index in [0.717, 1.165) is 17.6 Å². The number of rotatable bonds is 3. The molecule has 0 aliphatic rings. The molecule has 0 saturated carbocycles. The molecule has 0 spiro atoms. The van der Waals surface area contributed by atoms with Crippen LogP contribution in [0.4, 0.5) is 0 Å². The maximum atomic E-state index is 5.39. The first kappa shape index (κ1) is 9.52. The molecule has 10 heavy (non-hydrogen) atoms. The summed E-state index contributed by atoms with van der Waals surface area (Å²) in [7, 11) is 2.10. The minimum absolute atomic E-state index is 0.681. The average molecular weight is 140 g/mol. The van der Waals surface area contributed by atoms with Crippen LogP contribution in [0.1, 0.15) is 20.8 Å². The normalized spacial score (nSPS) is 16.4. The van der Waals surface area contributed by atoms with Gasteiger partial charge in [0.1, 0.15) is 6.04 Å². The topological polar surface area (TPSA) is 0 Å². The van der Waals surface area contributed by atoms with Gasteiger partial charge in [0, 0.05) is 5.92 Å². The van der Waals surface area contributed by atoms with E-state index in [1.807, 2.05) is 0 Å². The van der Waals surface area contributed by atoms with Crippen LogP contribution in [0.25, 0.3) is 0 Å². The van der Waals surface area contributed by atoms with Crippen LogP contribution in [0, 0.1) is 18.4 Å². The van der Waals surface area contributed by atoms with E-state index in [4.69, 9.17) is 6.42 Å². The average Bonchev–Trinajstić information content (AvgIpc) is 1.87. The van der Waals surface area contributed by atoms with Crippen molar-refractivity contribution >= 4 is 0 Å². The highest BCUT2D eigenvalue weighted by Crippen LogP contribution is 2.04. The third kappa shape index (κ3) is 2.89. The standard InChI is InChI=1S/C9H18N/c1-6-10(5,7-2)8-9(3)4/h1,9H,7-8H2,2-5H3/q+1. The van der Waals surface area contributed by atoms with Crippen molar-refractivity contribution in [2.45, 2.75) is 20.8 Å². The van der Waals surface area contributed by atoms with Crippen molar-refractivity contribution in [1.82, 2.24) is 0 Å². The molecule has 0 aromatic carbocycles. The van der Waals surface area contributed by atoms with Crippen LogP contribution in [0.3, 0.4) is 0 Å². The van der Waals surface area contributed by atoms with E-state index in [2.05, 4.69) is 33.9 Å². The Morgan fingerprint density at radius 3 is 2.10 bits per heavy atom. The summed E-state index contributed by atoms with van der Waals surface area (Å²) in [6.07, 6.45) is 5.39. The summed E-state index contributed by atoms with van der Waals surface area (Å²) in [6.45, 7) is 8.62. The molecular formula is C9H18N+. The van der Waals surface area contributed by atoms with E-state index in [1.54, 1.807) is 0 Å². The van der Waals surface area contributed by atoms with Crippen molar-refractivity contribution in [1.29, 1.82) is 0 Å². The quantitative estimate of drug-likeness (QED) is 0.413. The largest absolute Gasteiger partial charge is 0.249 e. The molecule has 58 valence electrons. The Morgan fingerprint density at radius 2 is 2.00 bits per heavy atom. The number of nitrogens with zero attached hydrogens (tertiary/aromatic N) is 1. The van der Waals surface area contributed by atoms with Gasteiger partial charge in [-0.3, -0.25) is 0 Å². The summed E-state index contributed by atoms with van der Waals surface area (Å²) in [5.74, 6) is 0.681. The summed E-state index contributed by atoms with van der Waals surface area (Å²) in [5.41, 5.74) is 0. The minimum atomic E-state index is 0.681. The van der Waals surface area contributed by atoms with Gasteiger partial charge in [0.2, 0.25) is 0 Å². The van der Waals surface area contributed by atoms with Crippen LogP contribution in [-0.4, -0.2) is 24.6 Å². The highest BCUT2D eigenvalue weighted by Gasteiger charge is 2.17. The molecule has 0 aromatic heterocycles. The molecule has 1 heteroatoms. The van der Waals surface area contributed by atoms with Crippen molar-refractivity contribution in [2.75, 3.05) is 20.1 Å². The van der Waals surface area contributed by atoms with Gasteiger partial charge in [-0.2, -0.15) is 0 Å². The Morgan fingerprint density at radius 1 is 1.50 bits per heavy atom. The number of quaternary nitrogens is 1. The van der Waals surface area contributed by atoms with E-state index in [9.17, 15) is 0 Å². The molecule has 0 heterocycles. The van der Waals surface area contributed by atoms with Crippen LogP contribution < -0.4 is 0 Å². The molecule has 0 fully saturated rings. The summed E-state index contributed by atoms with van der Waals surface area (Å²) in [5, 5.41) is 0. The van der Waals surface area contributed by atoms with Crippen LogP contribution in [0.15, 0.2) is 0 Å². The van der Waals surface area contributed by atoms with Gasteiger partial charge in [0.05, 0.1) is 20.1 Å². The van der Waals surface area contributed by atoms with Gasteiger partial charge < -0.3 is 0 Å². The van der Waals surface area contributed by atoms with Crippen molar-refractivity contribution in [3.8, 4) is 12.5 Å². The maximum absolute atomic E-state index is 5.39. The van der Waals surface area contributed by atoms with Crippen LogP contribution >= 0.6 is 0 Å². The first-order valence-electron chi connectivity index (χ1n) is 3.86. The monoisotopic (exact) mass is 140 g/mol. The third-order valence-electron chi connectivity index (χ3n) is 1.78. The Labute approximate surface area is 64.6 Å². The highest BCUT2D eigenvalue weighted by atomic mass is 15.3. The summed E-state index contributed by atoms with van der Waals surface area (Å²) in [6, 6.07) is 2.80. The molecule has 0 N–H and O–H groups in total. The summed E-state index contributed by atoms with van der Waals surface area (Å²) in [4.78, 5) is 0. The van der Waals surface area contributed by atoms with Gasteiger partial charge in [-0.05, 0) is 6.92 Å². The first-order chi connectivity index (χ1) is 4.54. The van der Waals surface area contributed by atoms with Crippen molar-refractivity contribution < 1.29 is 4.48 Å². The molecule has 0 aliphatic heterocycles. The van der Waals surface area contributed by atoms with E-state index < -0.39 is 0 Å². The molecule has 0 amide bonds. The van der Waals surface area contributed by atoms with Gasteiger partial charge in [0.25, 0.3) is 0 Å². The number of hydrogen-bond donors (Lipinski definition) is 0. The van der Waals surface area contributed by atoms with Gasteiger partial charge in [0.15, 0.2) is 0 Å². The van der Waals surface area contributed by atoms with E-state index in [1.165, 1.54) is 0 Å². The minimum Gasteiger partial charge on any atom is -0.249 e. The fourth-order valence-corrected chi connectivity index (χ4v) is 1.08. The van der Waals surface area contributed by atoms with Crippen molar-refractivity contribution in [2.24, 2.45) is 5.92 Å². The van der Waals surface area contributed by atoms with Gasteiger partial charge in [-0.1, -0.05) is 20.3 Å². The van der Waals surface area contributed by atoms with E-state index >= 15 is 0 Å². The van der Waals surface area contributed by atoms with Crippen molar-refractivity contribution in [3.05, 3.63) is 0 Å². The molecule has 0 saturated heterocycles. The lowest BCUT2D eigenvalue weighted by Crippen LogP contribution is -2.41. The smallest absolute Gasteiger partial charge is 0.133 e. The first-order valence-corrected chi connectivity index (χ1v) is 3.86. The second-order valence-electron chi connectivity index (χ2n) is 3.42. The van der Waals surface area contributed by atoms with Gasteiger partial charge >= 0.3 is 0 Å². The zero-order valence-corrected chi connectivity index (χ0v) is 7.52. The number of hydrogen-bond acceptors (Lipinski definition) is 0. The van der Waals surface area contributed by atoms with Crippen LogP contribution in [0.5, 0.6) is 0 Å². The zero-order chi connectivity index (χ0) is 8.20. The molecule has 0 aromatic rings. The molecule has 1 unspecified atom stereocenters. The Balaban J connectivity index is 3.97. The molecule has 1 nitrogen and oxygen atoms in total. The maximum Gasteiger partial charge on any atom is 0.133 e. The Hall–Kier alpha value is -0.480. The van der Waals surface area contributed by atoms with E-state index in [0.29, 0.717) is 5.92 Å². The molecule has 0 rings (SSSR count). The Bertz CT molecular complexity index is 132. The van der Waals surface area contributed by atoms with Gasteiger partial charge in [-0.15, -0.1) is 0 Å². The molecule has 1 atom stereocenters. The predicted molar refractivity (Wildman–Crippen MR) is 45.3 cm³/mol. The predicted octanol–water partition coefficient (Wildman–Crippen LogP) is 1.70. The second kappa shape index (κ2) is 3.63.